The first-order valence-corrected chi connectivity index (χ1v) is 7.06. The van der Waals surface area contributed by atoms with Crippen molar-refractivity contribution in [2.45, 2.75) is 19.0 Å². The maximum Gasteiger partial charge on any atom is 0.0924 e. The molecule has 100 valence electrons. The molecule has 19 heavy (non-hydrogen) atoms. The Balaban J connectivity index is 2.15. The Bertz CT molecular complexity index is 510. The van der Waals surface area contributed by atoms with E-state index in [9.17, 15) is 0 Å². The van der Waals surface area contributed by atoms with Crippen LogP contribution in [0.4, 0.5) is 0 Å². The summed E-state index contributed by atoms with van der Waals surface area (Å²) in [5.74, 6) is 0.207. The van der Waals surface area contributed by atoms with Crippen LogP contribution in [0, 0.1) is 5.41 Å². The highest BCUT2D eigenvalue weighted by Crippen LogP contribution is 2.24. The average molecular weight is 274 g/mol. The van der Waals surface area contributed by atoms with Crippen LogP contribution in [-0.2, 0) is 6.54 Å². The molecule has 1 aromatic carbocycles. The van der Waals surface area contributed by atoms with Gasteiger partial charge in [-0.15, -0.1) is 11.3 Å². The van der Waals surface area contributed by atoms with Crippen LogP contribution in [0.2, 0.25) is 0 Å². The predicted molar refractivity (Wildman–Crippen MR) is 79.3 cm³/mol. The molecular formula is C14H18N4S. The van der Waals surface area contributed by atoms with Gasteiger partial charge in [0.1, 0.15) is 0 Å². The van der Waals surface area contributed by atoms with Gasteiger partial charge >= 0.3 is 0 Å². The molecule has 0 aliphatic rings. The lowest BCUT2D eigenvalue weighted by Gasteiger charge is -2.27. The molecule has 2 rings (SSSR count). The van der Waals surface area contributed by atoms with Gasteiger partial charge in [0.15, 0.2) is 0 Å². The second-order valence-corrected chi connectivity index (χ2v) is 5.27. The molecule has 4 nitrogen and oxygen atoms in total. The number of nitrogens with two attached hydrogens (primary N) is 1. The van der Waals surface area contributed by atoms with Gasteiger partial charge in [-0.2, -0.15) is 0 Å². The Kier molecular flexibility index (Phi) is 4.65. The molecule has 0 aliphatic carbocycles. The summed E-state index contributed by atoms with van der Waals surface area (Å²) in [6, 6.07) is 10.3. The smallest absolute Gasteiger partial charge is 0.0924 e. The van der Waals surface area contributed by atoms with E-state index in [2.05, 4.69) is 22.0 Å². The number of thiazole rings is 1. The summed E-state index contributed by atoms with van der Waals surface area (Å²) >= 11 is 1.60. The predicted octanol–water partition coefficient (Wildman–Crippen LogP) is 2.64. The summed E-state index contributed by atoms with van der Waals surface area (Å²) in [7, 11) is 2.04. The molecule has 5 heteroatoms. The maximum atomic E-state index is 7.55. The number of nitrogens with one attached hydrogen (secondary N) is 1. The number of hydrogen-bond donors (Lipinski definition) is 2. The van der Waals surface area contributed by atoms with E-state index in [-0.39, 0.29) is 11.9 Å². The second kappa shape index (κ2) is 6.45. The molecule has 1 aromatic heterocycles. The van der Waals surface area contributed by atoms with Gasteiger partial charge in [-0.05, 0) is 12.6 Å². The molecular weight excluding hydrogens is 256 g/mol. The number of benzene rings is 1. The van der Waals surface area contributed by atoms with Crippen molar-refractivity contribution in [3.8, 4) is 0 Å². The standard InChI is InChI=1S/C14H18N4S/c1-18(8-12-9-19-10-17-12)13(7-14(15)16)11-5-3-2-4-6-11/h2-6,9-10,13H,7-8H2,1H3,(H3,15,16). The van der Waals surface area contributed by atoms with Crippen molar-refractivity contribution in [2.24, 2.45) is 5.73 Å². The van der Waals surface area contributed by atoms with Crippen LogP contribution in [-0.4, -0.2) is 22.8 Å². The van der Waals surface area contributed by atoms with E-state index in [1.54, 1.807) is 11.3 Å². The fourth-order valence-electron chi connectivity index (χ4n) is 2.09. The highest BCUT2D eigenvalue weighted by molar-refractivity contribution is 7.07. The van der Waals surface area contributed by atoms with Crippen molar-refractivity contribution in [3.63, 3.8) is 0 Å². The van der Waals surface area contributed by atoms with Crippen LogP contribution in [0.25, 0.3) is 0 Å². The van der Waals surface area contributed by atoms with E-state index >= 15 is 0 Å². The molecule has 0 spiro atoms. The highest BCUT2D eigenvalue weighted by atomic mass is 32.1. The first-order valence-electron chi connectivity index (χ1n) is 6.12. The van der Waals surface area contributed by atoms with Crippen molar-refractivity contribution in [1.82, 2.24) is 9.88 Å². The summed E-state index contributed by atoms with van der Waals surface area (Å²) < 4.78 is 0. The molecule has 1 atom stereocenters. The Hall–Kier alpha value is -1.72. The van der Waals surface area contributed by atoms with Gasteiger partial charge in [-0.3, -0.25) is 10.3 Å². The molecule has 0 saturated carbocycles. The molecule has 0 bridgehead atoms. The Morgan fingerprint density at radius 1 is 1.42 bits per heavy atom. The van der Waals surface area contributed by atoms with Gasteiger partial charge in [0, 0.05) is 24.4 Å². The topological polar surface area (TPSA) is 66.0 Å². The maximum absolute atomic E-state index is 7.55. The summed E-state index contributed by atoms with van der Waals surface area (Å²) in [5.41, 5.74) is 9.65. The third-order valence-corrected chi connectivity index (χ3v) is 3.66. The van der Waals surface area contributed by atoms with Crippen molar-refractivity contribution >= 4 is 17.2 Å². The van der Waals surface area contributed by atoms with Crippen LogP contribution in [0.5, 0.6) is 0 Å². The molecule has 0 aliphatic heterocycles. The molecule has 3 N–H and O–H groups in total. The number of rotatable bonds is 6. The first kappa shape index (κ1) is 13.7. The van der Waals surface area contributed by atoms with E-state index in [1.807, 2.05) is 36.1 Å². The lowest BCUT2D eigenvalue weighted by atomic mass is 10.0. The summed E-state index contributed by atoms with van der Waals surface area (Å²) in [5, 5.41) is 9.60. The summed E-state index contributed by atoms with van der Waals surface area (Å²) in [6.45, 7) is 0.760. The van der Waals surface area contributed by atoms with E-state index in [0.717, 1.165) is 12.2 Å². The fourth-order valence-corrected chi connectivity index (χ4v) is 2.64. The molecule has 0 radical (unpaired) electrons. The van der Waals surface area contributed by atoms with E-state index in [0.29, 0.717) is 6.42 Å². The van der Waals surface area contributed by atoms with Gasteiger partial charge < -0.3 is 5.73 Å². The molecule has 1 unspecified atom stereocenters. The Labute approximate surface area is 117 Å². The first-order chi connectivity index (χ1) is 9.16. The third-order valence-electron chi connectivity index (χ3n) is 3.02. The van der Waals surface area contributed by atoms with Crippen molar-refractivity contribution < 1.29 is 0 Å². The summed E-state index contributed by atoms with van der Waals surface area (Å²) in [6.07, 6.45) is 0.532. The van der Waals surface area contributed by atoms with E-state index < -0.39 is 0 Å². The van der Waals surface area contributed by atoms with E-state index in [1.165, 1.54) is 5.56 Å². The highest BCUT2D eigenvalue weighted by Gasteiger charge is 2.18. The zero-order valence-corrected chi connectivity index (χ0v) is 11.7. The lowest BCUT2D eigenvalue weighted by molar-refractivity contribution is 0.239. The van der Waals surface area contributed by atoms with E-state index in [4.69, 9.17) is 11.1 Å². The second-order valence-electron chi connectivity index (χ2n) is 4.55. The van der Waals surface area contributed by atoms with Gasteiger partial charge in [0.05, 0.1) is 17.0 Å². The minimum absolute atomic E-state index is 0.111. The minimum atomic E-state index is 0.111. The zero-order valence-electron chi connectivity index (χ0n) is 10.9. The monoisotopic (exact) mass is 274 g/mol. The average Bonchev–Trinajstić information content (AvgIpc) is 2.89. The summed E-state index contributed by atoms with van der Waals surface area (Å²) in [4.78, 5) is 6.49. The van der Waals surface area contributed by atoms with Crippen molar-refractivity contribution in [3.05, 3.63) is 52.5 Å². The van der Waals surface area contributed by atoms with Gasteiger partial charge in [0.25, 0.3) is 0 Å². The van der Waals surface area contributed by atoms with Gasteiger partial charge in [-0.1, -0.05) is 30.3 Å². The van der Waals surface area contributed by atoms with Gasteiger partial charge in [0.2, 0.25) is 0 Å². The Morgan fingerprint density at radius 3 is 2.74 bits per heavy atom. The SMILES string of the molecule is CN(Cc1cscn1)C(CC(=N)N)c1ccccc1. The molecule has 2 aromatic rings. The van der Waals surface area contributed by atoms with Crippen LogP contribution < -0.4 is 5.73 Å². The minimum Gasteiger partial charge on any atom is -0.388 e. The largest absolute Gasteiger partial charge is 0.388 e. The van der Waals surface area contributed by atoms with Crippen LogP contribution in [0.15, 0.2) is 41.2 Å². The van der Waals surface area contributed by atoms with Crippen molar-refractivity contribution in [1.29, 1.82) is 5.41 Å². The number of hydrogen-bond acceptors (Lipinski definition) is 4. The normalized spacial score (nSPS) is 12.5. The van der Waals surface area contributed by atoms with Crippen molar-refractivity contribution in [2.75, 3.05) is 7.05 Å². The fraction of sp³-hybridized carbons (Fsp3) is 0.286. The lowest BCUT2D eigenvalue weighted by Crippen LogP contribution is -2.28. The van der Waals surface area contributed by atoms with Crippen LogP contribution in [0.3, 0.4) is 0 Å². The van der Waals surface area contributed by atoms with Crippen LogP contribution >= 0.6 is 11.3 Å². The Morgan fingerprint density at radius 2 is 2.16 bits per heavy atom. The molecule has 0 fully saturated rings. The number of aromatic nitrogens is 1. The van der Waals surface area contributed by atoms with Crippen LogP contribution in [0.1, 0.15) is 23.7 Å². The third kappa shape index (κ3) is 3.87. The molecule has 0 amide bonds. The number of amidine groups is 1. The van der Waals surface area contributed by atoms with Gasteiger partial charge in [-0.25, -0.2) is 4.98 Å². The zero-order chi connectivity index (χ0) is 13.7. The molecule has 1 heterocycles. The molecule has 0 saturated heterocycles. The quantitative estimate of drug-likeness (QED) is 0.628. The number of nitrogens with zero attached hydrogens (tertiary/aromatic N) is 2.